The minimum absolute atomic E-state index is 0.0800. The first-order chi connectivity index (χ1) is 8.56. The second-order valence-corrected chi connectivity index (χ2v) is 8.31. The molecule has 1 atom stereocenters. The summed E-state index contributed by atoms with van der Waals surface area (Å²) < 4.78 is 29.1. The third kappa shape index (κ3) is 4.27. The molecule has 0 aromatic rings. The molecule has 0 aromatic heterocycles. The van der Waals surface area contributed by atoms with Gasteiger partial charge in [-0.3, -0.25) is 4.57 Å². The molecule has 0 amide bonds. The van der Waals surface area contributed by atoms with E-state index in [1.54, 1.807) is 27.7 Å². The second kappa shape index (κ2) is 5.82. The topological polar surface area (TPSA) is 65.0 Å². The van der Waals surface area contributed by atoms with Gasteiger partial charge in [0, 0.05) is 0 Å². The zero-order chi connectivity index (χ0) is 14.9. The van der Waals surface area contributed by atoms with E-state index in [0.717, 1.165) is 6.42 Å². The molecule has 0 bridgehead atoms. The van der Waals surface area contributed by atoms with Crippen molar-refractivity contribution in [2.75, 3.05) is 13.0 Å². The summed E-state index contributed by atoms with van der Waals surface area (Å²) in [5.41, 5.74) is -0.703. The molecule has 19 heavy (non-hydrogen) atoms. The lowest BCUT2D eigenvalue weighted by Crippen LogP contribution is -2.27. The first-order valence-electron chi connectivity index (χ1n) is 6.76. The Balaban J connectivity index is 2.66. The minimum atomic E-state index is -3.29. The number of rotatable bonds is 8. The fraction of sp³-hybridized carbons (Fsp3) is 1.00. The summed E-state index contributed by atoms with van der Waals surface area (Å²) in [4.78, 5) is 0. The number of ether oxygens (including phenoxy) is 1. The molecule has 0 spiro atoms. The van der Waals surface area contributed by atoms with E-state index in [1.807, 2.05) is 13.8 Å². The molecule has 0 saturated heterocycles. The van der Waals surface area contributed by atoms with E-state index in [9.17, 15) is 9.67 Å². The van der Waals surface area contributed by atoms with Crippen molar-refractivity contribution in [2.24, 2.45) is 5.41 Å². The van der Waals surface area contributed by atoms with Gasteiger partial charge in [0.05, 0.1) is 24.4 Å². The van der Waals surface area contributed by atoms with Crippen LogP contribution in [0.2, 0.25) is 0 Å². The van der Waals surface area contributed by atoms with Crippen LogP contribution in [0.25, 0.3) is 0 Å². The number of aliphatic hydroxyl groups excluding tert-OH is 1. The van der Waals surface area contributed by atoms with Crippen LogP contribution < -0.4 is 0 Å². The van der Waals surface area contributed by atoms with Crippen molar-refractivity contribution in [1.82, 2.24) is 0 Å². The molecule has 1 saturated carbocycles. The molecule has 1 aliphatic rings. The normalized spacial score (nSPS) is 26.2. The van der Waals surface area contributed by atoms with Crippen molar-refractivity contribution in [3.05, 3.63) is 0 Å². The summed E-state index contributed by atoms with van der Waals surface area (Å²) >= 11 is 0. The van der Waals surface area contributed by atoms with Crippen LogP contribution in [0.5, 0.6) is 0 Å². The molecule has 1 aliphatic carbocycles. The van der Waals surface area contributed by atoms with Crippen LogP contribution in [-0.2, 0) is 18.3 Å². The summed E-state index contributed by atoms with van der Waals surface area (Å²) in [7, 11) is -3.29. The Bertz CT molecular complexity index is 339. The summed E-state index contributed by atoms with van der Waals surface area (Å²) in [6, 6.07) is 0. The van der Waals surface area contributed by atoms with Crippen molar-refractivity contribution in [2.45, 2.75) is 65.8 Å². The molecule has 0 radical (unpaired) electrons. The standard InChI is InChI=1S/C13H27O5P/c1-10(2)17-19(15,18-11(3)4)9-16-13(8-14)7-12(13,5)6/h10-11,14H,7-9H2,1-6H3/t13-/m0/s1. The Labute approximate surface area is 116 Å². The van der Waals surface area contributed by atoms with Gasteiger partial charge in [-0.25, -0.2) is 0 Å². The van der Waals surface area contributed by atoms with Crippen molar-refractivity contribution < 1.29 is 23.5 Å². The molecular weight excluding hydrogens is 267 g/mol. The molecule has 0 aromatic carbocycles. The predicted octanol–water partition coefficient (Wildman–Crippen LogP) is 3.16. The summed E-state index contributed by atoms with van der Waals surface area (Å²) in [6.07, 6.45) is 0.226. The predicted molar refractivity (Wildman–Crippen MR) is 74.2 cm³/mol. The van der Waals surface area contributed by atoms with Gasteiger partial charge in [0.25, 0.3) is 0 Å². The SMILES string of the molecule is CC(C)OP(=O)(CO[C@]1(CO)CC1(C)C)OC(C)C. The summed E-state index contributed by atoms with van der Waals surface area (Å²) in [6.45, 7) is 11.2. The Kier molecular flexibility index (Phi) is 5.25. The molecule has 6 heteroatoms. The monoisotopic (exact) mass is 294 g/mol. The third-order valence-electron chi connectivity index (χ3n) is 3.33. The number of hydrogen-bond acceptors (Lipinski definition) is 5. The first-order valence-corrected chi connectivity index (χ1v) is 8.49. The van der Waals surface area contributed by atoms with Gasteiger partial charge in [0.2, 0.25) is 0 Å². The quantitative estimate of drug-likeness (QED) is 0.697. The van der Waals surface area contributed by atoms with Crippen LogP contribution in [0.3, 0.4) is 0 Å². The van der Waals surface area contributed by atoms with Crippen molar-refractivity contribution in [3.63, 3.8) is 0 Å². The van der Waals surface area contributed by atoms with E-state index in [0.29, 0.717) is 0 Å². The van der Waals surface area contributed by atoms with Gasteiger partial charge in [-0.2, -0.15) is 0 Å². The lowest BCUT2D eigenvalue weighted by Gasteiger charge is -2.26. The first kappa shape index (κ1) is 17.1. The summed E-state index contributed by atoms with van der Waals surface area (Å²) in [5, 5.41) is 9.46. The lowest BCUT2D eigenvalue weighted by molar-refractivity contribution is -0.0206. The van der Waals surface area contributed by atoms with E-state index < -0.39 is 13.2 Å². The Morgan fingerprint density at radius 2 is 1.58 bits per heavy atom. The van der Waals surface area contributed by atoms with E-state index in [-0.39, 0.29) is 30.6 Å². The van der Waals surface area contributed by atoms with Gasteiger partial charge in [-0.1, -0.05) is 13.8 Å². The molecule has 114 valence electrons. The molecule has 1 N–H and O–H groups in total. The minimum Gasteiger partial charge on any atom is -0.393 e. The van der Waals surface area contributed by atoms with Gasteiger partial charge >= 0.3 is 7.60 Å². The zero-order valence-corrected chi connectivity index (χ0v) is 13.7. The van der Waals surface area contributed by atoms with Gasteiger partial charge in [0.1, 0.15) is 6.35 Å². The molecule has 5 nitrogen and oxygen atoms in total. The molecule has 0 unspecified atom stereocenters. The third-order valence-corrected chi connectivity index (χ3v) is 5.26. The lowest BCUT2D eigenvalue weighted by atomic mass is 10.1. The van der Waals surface area contributed by atoms with Gasteiger partial charge in [-0.15, -0.1) is 0 Å². The highest BCUT2D eigenvalue weighted by molar-refractivity contribution is 7.53. The van der Waals surface area contributed by atoms with E-state index in [2.05, 4.69) is 0 Å². The van der Waals surface area contributed by atoms with E-state index >= 15 is 0 Å². The van der Waals surface area contributed by atoms with Gasteiger partial charge < -0.3 is 18.9 Å². The fourth-order valence-corrected chi connectivity index (χ4v) is 4.02. The molecule has 1 rings (SSSR count). The van der Waals surface area contributed by atoms with Gasteiger partial charge in [0.15, 0.2) is 0 Å². The highest BCUT2D eigenvalue weighted by atomic mass is 31.2. The van der Waals surface area contributed by atoms with Crippen LogP contribution in [0.15, 0.2) is 0 Å². The largest absolute Gasteiger partial charge is 0.393 e. The highest BCUT2D eigenvalue weighted by Gasteiger charge is 2.63. The average molecular weight is 294 g/mol. The maximum atomic E-state index is 12.6. The molecule has 0 heterocycles. The van der Waals surface area contributed by atoms with Crippen LogP contribution in [0.4, 0.5) is 0 Å². The fourth-order valence-electron chi connectivity index (χ4n) is 2.16. The Morgan fingerprint density at radius 1 is 1.16 bits per heavy atom. The maximum absolute atomic E-state index is 12.6. The van der Waals surface area contributed by atoms with Crippen molar-refractivity contribution in [1.29, 1.82) is 0 Å². The molecular formula is C13H27O5P. The van der Waals surface area contributed by atoms with Crippen LogP contribution >= 0.6 is 7.60 Å². The average Bonchev–Trinajstić information content (AvgIpc) is 2.76. The number of hydrogen-bond donors (Lipinski definition) is 1. The Hall–Kier alpha value is 0.0700. The molecule has 1 fully saturated rings. The number of aliphatic hydroxyl groups is 1. The zero-order valence-electron chi connectivity index (χ0n) is 12.8. The summed E-state index contributed by atoms with van der Waals surface area (Å²) in [5.74, 6) is 0. The van der Waals surface area contributed by atoms with Crippen molar-refractivity contribution in [3.8, 4) is 0 Å². The smallest absolute Gasteiger partial charge is 0.356 e. The molecule has 0 aliphatic heterocycles. The maximum Gasteiger partial charge on any atom is 0.356 e. The van der Waals surface area contributed by atoms with E-state index in [1.165, 1.54) is 0 Å². The van der Waals surface area contributed by atoms with Crippen LogP contribution in [0, 0.1) is 5.41 Å². The van der Waals surface area contributed by atoms with Crippen LogP contribution in [-0.4, -0.2) is 35.9 Å². The second-order valence-electron chi connectivity index (χ2n) is 6.41. The van der Waals surface area contributed by atoms with Gasteiger partial charge in [-0.05, 0) is 39.5 Å². The Morgan fingerprint density at radius 3 is 1.84 bits per heavy atom. The van der Waals surface area contributed by atoms with Crippen LogP contribution in [0.1, 0.15) is 48.0 Å². The van der Waals surface area contributed by atoms with Crippen molar-refractivity contribution >= 4 is 7.60 Å². The highest BCUT2D eigenvalue weighted by Crippen LogP contribution is 2.61. The van der Waals surface area contributed by atoms with E-state index in [4.69, 9.17) is 13.8 Å².